The van der Waals surface area contributed by atoms with Crippen LogP contribution in [0.3, 0.4) is 0 Å². The van der Waals surface area contributed by atoms with Crippen LogP contribution in [0.25, 0.3) is 17.2 Å². The predicted molar refractivity (Wildman–Crippen MR) is 181 cm³/mol. The first-order valence-electron chi connectivity index (χ1n) is 15.6. The average molecular weight is 666 g/mol. The number of anilines is 1. The van der Waals surface area contributed by atoms with E-state index in [1.54, 1.807) is 42.7 Å². The molecule has 0 bridgehead atoms. The van der Waals surface area contributed by atoms with Gasteiger partial charge in [-0.15, -0.1) is 0 Å². The molecule has 3 aromatic carbocycles. The molecule has 0 saturated heterocycles. The fraction of sp³-hybridized carbons (Fsp3) is 0.333. The molecule has 8 nitrogen and oxygen atoms in total. The van der Waals surface area contributed by atoms with Crippen LogP contribution in [0.15, 0.2) is 84.0 Å². The van der Waals surface area contributed by atoms with Gasteiger partial charge in [0.05, 0.1) is 40.9 Å². The Morgan fingerprint density at radius 3 is 2.43 bits per heavy atom. The van der Waals surface area contributed by atoms with E-state index in [2.05, 4.69) is 24.1 Å². The molecule has 4 aromatic rings. The molecular weight excluding hydrogens is 624 g/mol. The topological polar surface area (TPSA) is 91.7 Å². The van der Waals surface area contributed by atoms with Crippen LogP contribution in [0.4, 0.5) is 14.5 Å². The summed E-state index contributed by atoms with van der Waals surface area (Å²) in [6.07, 6.45) is 7.50. The number of rotatable bonds is 18. The molecule has 1 N–H and O–H groups in total. The number of halogens is 2. The Bertz CT molecular complexity index is 1640. The lowest BCUT2D eigenvalue weighted by Crippen LogP contribution is -2.09. The molecule has 1 amide bonds. The third-order valence-corrected chi connectivity index (χ3v) is 8.57. The fourth-order valence-corrected chi connectivity index (χ4v) is 5.98. The van der Waals surface area contributed by atoms with Gasteiger partial charge >= 0.3 is 6.61 Å². The molecule has 1 unspecified atom stereocenters. The van der Waals surface area contributed by atoms with E-state index in [9.17, 15) is 17.8 Å². The number of unbranched alkanes of at least 4 members (excludes halogenated alkanes) is 1. The highest BCUT2D eigenvalue weighted by Gasteiger charge is 2.14. The third kappa shape index (κ3) is 10.9. The monoisotopic (exact) mass is 665 g/mol. The normalized spacial score (nSPS) is 12.0. The van der Waals surface area contributed by atoms with Crippen LogP contribution in [0.1, 0.15) is 50.1 Å². The molecule has 11 heteroatoms. The second-order valence-electron chi connectivity index (χ2n) is 10.8. The van der Waals surface area contributed by atoms with Crippen LogP contribution in [0.2, 0.25) is 0 Å². The number of aromatic nitrogens is 2. The van der Waals surface area contributed by atoms with E-state index >= 15 is 0 Å². The number of alkyl halides is 2. The molecule has 250 valence electrons. The highest BCUT2D eigenvalue weighted by Crippen LogP contribution is 2.30. The zero-order chi connectivity index (χ0) is 33.6. The van der Waals surface area contributed by atoms with E-state index in [0.29, 0.717) is 47.5 Å². The standard InChI is InChI=1S/C36H41F2N3O5S/c1-4-6-20-44-21-22-45-31-13-7-27(8-14-31)28-9-17-34(46-36(37)38)29(23-28)10-18-35(42)40-30-11-15-32(16-12-30)47(43)24-33-26(3)39-25-41(33)19-5-2/h7-18,23,25,36H,4-6,19-22,24H2,1-3H3,(H,40,42)/b18-10+. The van der Waals surface area contributed by atoms with Gasteiger partial charge in [-0.25, -0.2) is 4.98 Å². The molecule has 1 aromatic heterocycles. The maximum absolute atomic E-state index is 13.1. The SMILES string of the molecule is CCCCOCCOc1ccc(-c2ccc(OC(F)F)c(/C=C/C(=O)Nc3ccc(S(=O)Cc4c(C)ncn4CCC)cc3)c2)cc1. The largest absolute Gasteiger partial charge is 0.491 e. The van der Waals surface area contributed by atoms with E-state index in [-0.39, 0.29) is 5.75 Å². The van der Waals surface area contributed by atoms with Crippen LogP contribution in [-0.4, -0.2) is 46.1 Å². The lowest BCUT2D eigenvalue weighted by Gasteiger charge is -2.12. The zero-order valence-electron chi connectivity index (χ0n) is 26.9. The number of amides is 1. The first kappa shape index (κ1) is 35.5. The number of benzene rings is 3. The Morgan fingerprint density at radius 1 is 0.979 bits per heavy atom. The second kappa shape index (κ2) is 18.1. The van der Waals surface area contributed by atoms with Gasteiger partial charge in [0.15, 0.2) is 0 Å². The second-order valence-corrected chi connectivity index (χ2v) is 12.2. The lowest BCUT2D eigenvalue weighted by molar-refractivity contribution is -0.111. The summed E-state index contributed by atoms with van der Waals surface area (Å²) in [5.74, 6) is 0.510. The summed E-state index contributed by atoms with van der Waals surface area (Å²) in [5.41, 5.74) is 4.19. The van der Waals surface area contributed by atoms with Gasteiger partial charge in [0.1, 0.15) is 18.1 Å². The predicted octanol–water partition coefficient (Wildman–Crippen LogP) is 8.03. The summed E-state index contributed by atoms with van der Waals surface area (Å²) >= 11 is 0. The number of ether oxygens (including phenoxy) is 3. The van der Waals surface area contributed by atoms with Crippen LogP contribution in [-0.2, 0) is 32.6 Å². The number of hydrogen-bond donors (Lipinski definition) is 1. The molecule has 1 atom stereocenters. The average Bonchev–Trinajstić information content (AvgIpc) is 3.40. The van der Waals surface area contributed by atoms with E-state index in [4.69, 9.17) is 14.2 Å². The summed E-state index contributed by atoms with van der Waals surface area (Å²) in [4.78, 5) is 17.7. The number of hydrogen-bond acceptors (Lipinski definition) is 6. The Morgan fingerprint density at radius 2 is 1.72 bits per heavy atom. The van der Waals surface area contributed by atoms with E-state index in [1.165, 1.54) is 18.2 Å². The molecule has 0 fully saturated rings. The van der Waals surface area contributed by atoms with Crippen molar-refractivity contribution in [3.05, 3.63) is 96.1 Å². The van der Waals surface area contributed by atoms with Crippen LogP contribution < -0.4 is 14.8 Å². The van der Waals surface area contributed by atoms with Crippen molar-refractivity contribution in [3.63, 3.8) is 0 Å². The van der Waals surface area contributed by atoms with Crippen LogP contribution in [0, 0.1) is 6.92 Å². The minimum absolute atomic E-state index is 0.0572. The van der Waals surface area contributed by atoms with Gasteiger partial charge in [0.2, 0.25) is 5.91 Å². The zero-order valence-corrected chi connectivity index (χ0v) is 27.7. The number of imidazole rings is 1. The van der Waals surface area contributed by atoms with Gasteiger partial charge in [-0.05, 0) is 85.5 Å². The molecule has 47 heavy (non-hydrogen) atoms. The van der Waals surface area contributed by atoms with Crippen LogP contribution >= 0.6 is 0 Å². The molecule has 0 aliphatic carbocycles. The van der Waals surface area contributed by atoms with Gasteiger partial charge in [0, 0.05) is 35.4 Å². The van der Waals surface area contributed by atoms with E-state index < -0.39 is 23.3 Å². The number of aryl methyl sites for hydroxylation is 2. The Kier molecular flexibility index (Phi) is 13.7. The van der Waals surface area contributed by atoms with Gasteiger partial charge in [0.25, 0.3) is 0 Å². The van der Waals surface area contributed by atoms with Crippen molar-refractivity contribution in [1.29, 1.82) is 0 Å². The first-order chi connectivity index (χ1) is 22.8. The van der Waals surface area contributed by atoms with E-state index in [0.717, 1.165) is 48.3 Å². The van der Waals surface area contributed by atoms with Gasteiger partial charge in [-0.2, -0.15) is 8.78 Å². The first-order valence-corrected chi connectivity index (χ1v) is 17.0. The van der Waals surface area contributed by atoms with Crippen molar-refractivity contribution in [2.75, 3.05) is 25.1 Å². The van der Waals surface area contributed by atoms with Crippen molar-refractivity contribution in [2.45, 2.75) is 63.8 Å². The summed E-state index contributed by atoms with van der Waals surface area (Å²) in [5, 5.41) is 2.75. The quantitative estimate of drug-likeness (QED) is 0.0855. The number of carbonyl (C=O) groups excluding carboxylic acids is 1. The highest BCUT2D eigenvalue weighted by atomic mass is 32.2. The Balaban J connectivity index is 1.39. The highest BCUT2D eigenvalue weighted by molar-refractivity contribution is 7.84. The fourth-order valence-electron chi connectivity index (χ4n) is 4.75. The summed E-state index contributed by atoms with van der Waals surface area (Å²) in [7, 11) is -1.29. The summed E-state index contributed by atoms with van der Waals surface area (Å²) in [6.45, 7) is 5.55. The van der Waals surface area contributed by atoms with Crippen molar-refractivity contribution in [1.82, 2.24) is 9.55 Å². The molecule has 0 radical (unpaired) electrons. The minimum atomic E-state index is -3.02. The minimum Gasteiger partial charge on any atom is -0.491 e. The number of carbonyl (C=O) groups is 1. The molecular formula is C36H41F2N3O5S. The molecule has 1 heterocycles. The smallest absolute Gasteiger partial charge is 0.387 e. The Hall–Kier alpha value is -4.35. The maximum atomic E-state index is 13.1. The van der Waals surface area contributed by atoms with Crippen molar-refractivity contribution in [3.8, 4) is 22.6 Å². The van der Waals surface area contributed by atoms with E-state index in [1.807, 2.05) is 35.8 Å². The number of nitrogens with one attached hydrogen (secondary N) is 1. The van der Waals surface area contributed by atoms with Gasteiger partial charge < -0.3 is 24.1 Å². The molecule has 4 rings (SSSR count). The number of nitrogens with zero attached hydrogens (tertiary/aromatic N) is 2. The molecule has 0 aliphatic rings. The maximum Gasteiger partial charge on any atom is 0.387 e. The molecule has 0 aliphatic heterocycles. The van der Waals surface area contributed by atoms with Crippen molar-refractivity contribution >= 4 is 28.5 Å². The Labute approximate surface area is 277 Å². The van der Waals surface area contributed by atoms with Gasteiger partial charge in [-0.1, -0.05) is 38.5 Å². The lowest BCUT2D eigenvalue weighted by atomic mass is 10.0. The third-order valence-electron chi connectivity index (χ3n) is 7.24. The van der Waals surface area contributed by atoms with Crippen molar-refractivity contribution < 1.29 is 32.0 Å². The van der Waals surface area contributed by atoms with Crippen LogP contribution in [0.5, 0.6) is 11.5 Å². The molecule has 0 saturated carbocycles. The summed E-state index contributed by atoms with van der Waals surface area (Å²) < 4.78 is 57.3. The van der Waals surface area contributed by atoms with Gasteiger partial charge in [-0.3, -0.25) is 9.00 Å². The molecule has 0 spiro atoms. The summed E-state index contributed by atoms with van der Waals surface area (Å²) in [6, 6.07) is 19.0. The van der Waals surface area contributed by atoms with Crippen molar-refractivity contribution in [2.24, 2.45) is 0 Å².